The molecule has 18 heavy (non-hydrogen) atoms. The molecule has 0 bridgehead atoms. The molecule has 0 saturated heterocycles. The van der Waals surface area contributed by atoms with Crippen LogP contribution in [-0.2, 0) is 19.4 Å². The molecule has 0 aliphatic rings. The van der Waals surface area contributed by atoms with Crippen molar-refractivity contribution in [2.24, 2.45) is 17.7 Å². The van der Waals surface area contributed by atoms with Gasteiger partial charge in [-0.2, -0.15) is 5.10 Å². The topological polar surface area (TPSA) is 55.9 Å². The van der Waals surface area contributed by atoms with Crippen LogP contribution in [0.5, 0.6) is 0 Å². The molecular formula is C14H28N4. The van der Waals surface area contributed by atoms with Crippen molar-refractivity contribution >= 4 is 0 Å². The van der Waals surface area contributed by atoms with Crippen LogP contribution < -0.4 is 11.3 Å². The molecule has 0 aliphatic heterocycles. The molecule has 0 spiro atoms. The zero-order valence-electron chi connectivity index (χ0n) is 12.4. The predicted molar refractivity (Wildman–Crippen MR) is 76.1 cm³/mol. The molecule has 3 N–H and O–H groups in total. The Hall–Kier alpha value is -0.870. The SMILES string of the molecule is CCc1cc(CC(NN)C(C)C(C)C)n(CC)n1. The van der Waals surface area contributed by atoms with Gasteiger partial charge >= 0.3 is 0 Å². The third kappa shape index (κ3) is 3.56. The summed E-state index contributed by atoms with van der Waals surface area (Å²) < 4.78 is 2.09. The fraction of sp³-hybridized carbons (Fsp3) is 0.786. The van der Waals surface area contributed by atoms with Crippen molar-refractivity contribution in [3.63, 3.8) is 0 Å². The minimum Gasteiger partial charge on any atom is -0.271 e. The Labute approximate surface area is 111 Å². The number of nitrogens with zero attached hydrogens (tertiary/aromatic N) is 2. The number of hydrogen-bond donors (Lipinski definition) is 2. The average molecular weight is 252 g/mol. The third-order valence-corrected chi connectivity index (χ3v) is 3.91. The monoisotopic (exact) mass is 252 g/mol. The quantitative estimate of drug-likeness (QED) is 0.577. The van der Waals surface area contributed by atoms with Crippen LogP contribution in [-0.4, -0.2) is 15.8 Å². The van der Waals surface area contributed by atoms with Crippen molar-refractivity contribution in [3.8, 4) is 0 Å². The van der Waals surface area contributed by atoms with Crippen LogP contribution in [0.1, 0.15) is 46.0 Å². The summed E-state index contributed by atoms with van der Waals surface area (Å²) in [6.45, 7) is 11.9. The molecule has 1 aromatic heterocycles. The van der Waals surface area contributed by atoms with Crippen molar-refractivity contribution in [3.05, 3.63) is 17.5 Å². The first-order chi connectivity index (χ1) is 8.53. The molecule has 0 saturated carbocycles. The zero-order chi connectivity index (χ0) is 13.7. The van der Waals surface area contributed by atoms with Crippen molar-refractivity contribution in [2.45, 2.75) is 60.0 Å². The molecule has 104 valence electrons. The first-order valence-electron chi connectivity index (χ1n) is 7.05. The van der Waals surface area contributed by atoms with E-state index in [9.17, 15) is 0 Å². The second-order valence-electron chi connectivity index (χ2n) is 5.38. The number of nitrogens with two attached hydrogens (primary N) is 1. The third-order valence-electron chi connectivity index (χ3n) is 3.91. The van der Waals surface area contributed by atoms with Gasteiger partial charge in [0.1, 0.15) is 0 Å². The van der Waals surface area contributed by atoms with E-state index in [2.05, 4.69) is 55.9 Å². The summed E-state index contributed by atoms with van der Waals surface area (Å²) >= 11 is 0. The summed E-state index contributed by atoms with van der Waals surface area (Å²) in [6, 6.07) is 2.51. The van der Waals surface area contributed by atoms with Gasteiger partial charge in [0, 0.05) is 24.7 Å². The van der Waals surface area contributed by atoms with Gasteiger partial charge in [-0.15, -0.1) is 0 Å². The predicted octanol–water partition coefficient (Wildman–Crippen LogP) is 2.13. The van der Waals surface area contributed by atoms with Crippen molar-refractivity contribution in [2.75, 3.05) is 0 Å². The van der Waals surface area contributed by atoms with Gasteiger partial charge in [-0.25, -0.2) is 0 Å². The lowest BCUT2D eigenvalue weighted by Crippen LogP contribution is -2.43. The van der Waals surface area contributed by atoms with Crippen LogP contribution in [0.2, 0.25) is 0 Å². The fourth-order valence-electron chi connectivity index (χ4n) is 2.21. The Kier molecular flexibility index (Phi) is 5.82. The van der Waals surface area contributed by atoms with Gasteiger partial charge in [-0.05, 0) is 31.2 Å². The maximum atomic E-state index is 5.71. The molecule has 4 heteroatoms. The van der Waals surface area contributed by atoms with E-state index in [0.29, 0.717) is 17.9 Å². The number of aromatic nitrogens is 2. The molecule has 0 amide bonds. The van der Waals surface area contributed by atoms with E-state index in [4.69, 9.17) is 5.84 Å². The molecule has 0 aliphatic carbocycles. The molecule has 4 nitrogen and oxygen atoms in total. The van der Waals surface area contributed by atoms with Crippen molar-refractivity contribution < 1.29 is 0 Å². The van der Waals surface area contributed by atoms with E-state index >= 15 is 0 Å². The van der Waals surface area contributed by atoms with E-state index in [0.717, 1.165) is 19.4 Å². The highest BCUT2D eigenvalue weighted by Crippen LogP contribution is 2.18. The van der Waals surface area contributed by atoms with Gasteiger partial charge in [0.05, 0.1) is 5.69 Å². The lowest BCUT2D eigenvalue weighted by molar-refractivity contribution is 0.295. The van der Waals surface area contributed by atoms with Crippen molar-refractivity contribution in [1.82, 2.24) is 15.2 Å². The van der Waals surface area contributed by atoms with E-state index in [1.54, 1.807) is 0 Å². The molecule has 0 aromatic carbocycles. The van der Waals surface area contributed by atoms with Gasteiger partial charge < -0.3 is 0 Å². The summed E-state index contributed by atoms with van der Waals surface area (Å²) in [4.78, 5) is 0. The first-order valence-corrected chi connectivity index (χ1v) is 7.05. The molecule has 1 heterocycles. The Balaban J connectivity index is 2.83. The molecular weight excluding hydrogens is 224 g/mol. The van der Waals surface area contributed by atoms with Gasteiger partial charge in [0.25, 0.3) is 0 Å². The second kappa shape index (κ2) is 6.90. The smallest absolute Gasteiger partial charge is 0.0624 e. The van der Waals surface area contributed by atoms with E-state index in [-0.39, 0.29) is 0 Å². The van der Waals surface area contributed by atoms with Crippen LogP contribution in [0, 0.1) is 11.8 Å². The fourth-order valence-corrected chi connectivity index (χ4v) is 2.21. The van der Waals surface area contributed by atoms with Crippen LogP contribution >= 0.6 is 0 Å². The van der Waals surface area contributed by atoms with E-state index < -0.39 is 0 Å². The molecule has 2 atom stereocenters. The summed E-state index contributed by atoms with van der Waals surface area (Å²) in [5.74, 6) is 6.87. The second-order valence-corrected chi connectivity index (χ2v) is 5.38. The minimum absolute atomic E-state index is 0.303. The van der Waals surface area contributed by atoms with Gasteiger partial charge in [-0.1, -0.05) is 27.7 Å². The van der Waals surface area contributed by atoms with Crippen LogP contribution in [0.25, 0.3) is 0 Å². The summed E-state index contributed by atoms with van der Waals surface area (Å²) in [5, 5.41) is 4.59. The van der Waals surface area contributed by atoms with Gasteiger partial charge in [-0.3, -0.25) is 16.0 Å². The Morgan fingerprint density at radius 2 is 2.00 bits per heavy atom. The zero-order valence-corrected chi connectivity index (χ0v) is 12.4. The largest absolute Gasteiger partial charge is 0.271 e. The van der Waals surface area contributed by atoms with Gasteiger partial charge in [0.15, 0.2) is 0 Å². The highest BCUT2D eigenvalue weighted by Gasteiger charge is 2.21. The molecule has 1 aromatic rings. The number of hydrazine groups is 1. The molecule has 0 radical (unpaired) electrons. The maximum absolute atomic E-state index is 5.71. The number of hydrogen-bond acceptors (Lipinski definition) is 3. The van der Waals surface area contributed by atoms with Crippen LogP contribution in [0.4, 0.5) is 0 Å². The summed E-state index contributed by atoms with van der Waals surface area (Å²) in [7, 11) is 0. The summed E-state index contributed by atoms with van der Waals surface area (Å²) in [5.41, 5.74) is 5.42. The molecule has 0 fully saturated rings. The highest BCUT2D eigenvalue weighted by atomic mass is 15.3. The lowest BCUT2D eigenvalue weighted by atomic mass is 9.88. The Morgan fingerprint density at radius 1 is 1.33 bits per heavy atom. The Bertz CT molecular complexity index is 357. The van der Waals surface area contributed by atoms with Gasteiger partial charge in [0.2, 0.25) is 0 Å². The molecule has 1 rings (SSSR count). The number of rotatable bonds is 7. The highest BCUT2D eigenvalue weighted by molar-refractivity contribution is 5.12. The Morgan fingerprint density at radius 3 is 2.44 bits per heavy atom. The number of aryl methyl sites for hydroxylation is 2. The van der Waals surface area contributed by atoms with E-state index in [1.807, 2.05) is 0 Å². The number of nitrogens with one attached hydrogen (secondary N) is 1. The standard InChI is InChI=1S/C14H28N4/c1-6-12-8-13(18(7-2)17-12)9-14(16-15)11(5)10(3)4/h8,10-11,14,16H,6-7,9,15H2,1-5H3. The van der Waals surface area contributed by atoms with Crippen LogP contribution in [0.3, 0.4) is 0 Å². The normalized spacial score (nSPS) is 15.1. The first kappa shape index (κ1) is 15.2. The van der Waals surface area contributed by atoms with Crippen LogP contribution in [0.15, 0.2) is 6.07 Å². The molecule has 2 unspecified atom stereocenters. The van der Waals surface area contributed by atoms with E-state index in [1.165, 1.54) is 11.4 Å². The van der Waals surface area contributed by atoms with Crippen molar-refractivity contribution in [1.29, 1.82) is 0 Å². The average Bonchev–Trinajstić information content (AvgIpc) is 2.77. The summed E-state index contributed by atoms with van der Waals surface area (Å²) in [6.07, 6.45) is 1.93. The lowest BCUT2D eigenvalue weighted by Gasteiger charge is -2.26. The maximum Gasteiger partial charge on any atom is 0.0624 e. The minimum atomic E-state index is 0.303.